The van der Waals surface area contributed by atoms with Gasteiger partial charge in [-0.15, -0.1) is 0 Å². The van der Waals surface area contributed by atoms with Crippen LogP contribution < -0.4 is 0 Å². The highest BCUT2D eigenvalue weighted by atomic mass is 19.3. The minimum atomic E-state index is -3.43. The SMILES string of the molecule is CC(=O)C(F)(F)c1ccc2ncccc2c1. The van der Waals surface area contributed by atoms with Crippen LogP contribution in [0.2, 0.25) is 0 Å². The van der Waals surface area contributed by atoms with Gasteiger partial charge in [0.2, 0.25) is 5.78 Å². The molecule has 0 radical (unpaired) electrons. The monoisotopic (exact) mass is 221 g/mol. The number of pyridine rings is 1. The fourth-order valence-electron chi connectivity index (χ4n) is 1.47. The highest BCUT2D eigenvalue weighted by molar-refractivity contribution is 5.87. The Labute approximate surface area is 90.9 Å². The second-order valence-corrected chi connectivity index (χ2v) is 3.54. The van der Waals surface area contributed by atoms with Crippen molar-refractivity contribution >= 4 is 16.7 Å². The molecule has 2 nitrogen and oxygen atoms in total. The standard InChI is InChI=1S/C12H9F2NO/c1-8(16)12(13,14)10-4-5-11-9(7-10)3-2-6-15-11/h2-7H,1H3. The van der Waals surface area contributed by atoms with Crippen LogP contribution in [0.4, 0.5) is 8.78 Å². The predicted molar refractivity (Wildman–Crippen MR) is 56.3 cm³/mol. The van der Waals surface area contributed by atoms with Crippen LogP contribution in [0, 0.1) is 0 Å². The van der Waals surface area contributed by atoms with E-state index in [1.165, 1.54) is 18.2 Å². The van der Waals surface area contributed by atoms with Gasteiger partial charge >= 0.3 is 5.92 Å². The minimum absolute atomic E-state index is 0.291. The van der Waals surface area contributed by atoms with Crippen molar-refractivity contribution in [2.24, 2.45) is 0 Å². The highest BCUT2D eigenvalue weighted by Crippen LogP contribution is 2.30. The maximum Gasteiger partial charge on any atom is 0.330 e. The van der Waals surface area contributed by atoms with Crippen LogP contribution in [0.15, 0.2) is 36.5 Å². The topological polar surface area (TPSA) is 30.0 Å². The van der Waals surface area contributed by atoms with Crippen LogP contribution in [-0.2, 0) is 10.7 Å². The summed E-state index contributed by atoms with van der Waals surface area (Å²) in [5.41, 5.74) is 0.339. The first-order valence-corrected chi connectivity index (χ1v) is 4.76. The molecule has 0 saturated heterocycles. The summed E-state index contributed by atoms with van der Waals surface area (Å²) in [6, 6.07) is 7.36. The Morgan fingerprint density at radius 1 is 1.31 bits per heavy atom. The summed E-state index contributed by atoms with van der Waals surface area (Å²) in [6.45, 7) is 0.882. The molecule has 0 bridgehead atoms. The fourth-order valence-corrected chi connectivity index (χ4v) is 1.47. The van der Waals surface area contributed by atoms with E-state index in [-0.39, 0.29) is 5.56 Å². The minimum Gasteiger partial charge on any atom is -0.293 e. The molecule has 0 amide bonds. The first kappa shape index (κ1) is 10.7. The largest absolute Gasteiger partial charge is 0.330 e. The van der Waals surface area contributed by atoms with E-state index in [0.29, 0.717) is 10.9 Å². The lowest BCUT2D eigenvalue weighted by Crippen LogP contribution is -2.22. The van der Waals surface area contributed by atoms with Gasteiger partial charge in [-0.1, -0.05) is 12.1 Å². The Kier molecular flexibility index (Phi) is 2.42. The van der Waals surface area contributed by atoms with Gasteiger partial charge in [-0.3, -0.25) is 9.78 Å². The van der Waals surface area contributed by atoms with E-state index >= 15 is 0 Å². The van der Waals surface area contributed by atoms with Gasteiger partial charge in [0.15, 0.2) is 0 Å². The normalized spacial score (nSPS) is 11.7. The number of hydrogen-bond donors (Lipinski definition) is 0. The fraction of sp³-hybridized carbons (Fsp3) is 0.167. The zero-order valence-electron chi connectivity index (χ0n) is 8.58. The van der Waals surface area contributed by atoms with Crippen molar-refractivity contribution in [3.8, 4) is 0 Å². The number of Topliss-reactive ketones (excluding diaryl/α,β-unsaturated/α-hetero) is 1. The first-order valence-electron chi connectivity index (χ1n) is 4.76. The van der Waals surface area contributed by atoms with E-state index in [4.69, 9.17) is 0 Å². The Bertz CT molecular complexity index is 551. The number of benzene rings is 1. The predicted octanol–water partition coefficient (Wildman–Crippen LogP) is 2.92. The molecule has 1 heterocycles. The maximum atomic E-state index is 13.4. The Morgan fingerprint density at radius 2 is 2.06 bits per heavy atom. The van der Waals surface area contributed by atoms with Crippen molar-refractivity contribution in [3.63, 3.8) is 0 Å². The first-order chi connectivity index (χ1) is 7.51. The summed E-state index contributed by atoms with van der Waals surface area (Å²) in [6.07, 6.45) is 1.59. The second kappa shape index (κ2) is 3.63. The molecule has 0 aliphatic carbocycles. The number of nitrogens with zero attached hydrogens (tertiary/aromatic N) is 1. The van der Waals surface area contributed by atoms with Crippen LogP contribution in [-0.4, -0.2) is 10.8 Å². The zero-order valence-corrected chi connectivity index (χ0v) is 8.58. The number of alkyl halides is 2. The van der Waals surface area contributed by atoms with Gasteiger partial charge in [-0.05, 0) is 18.2 Å². The molecular weight excluding hydrogens is 212 g/mol. The van der Waals surface area contributed by atoms with Crippen LogP contribution >= 0.6 is 0 Å². The molecular formula is C12H9F2NO. The van der Waals surface area contributed by atoms with E-state index in [2.05, 4.69) is 4.98 Å². The Balaban J connectivity index is 2.59. The molecule has 1 aromatic carbocycles. The summed E-state index contributed by atoms with van der Waals surface area (Å²) in [7, 11) is 0. The van der Waals surface area contributed by atoms with Crippen molar-refractivity contribution in [3.05, 3.63) is 42.1 Å². The molecule has 0 aliphatic rings. The lowest BCUT2D eigenvalue weighted by molar-refractivity contribution is -0.141. The number of rotatable bonds is 2. The number of fused-ring (bicyclic) bond motifs is 1. The second-order valence-electron chi connectivity index (χ2n) is 3.54. The quantitative estimate of drug-likeness (QED) is 0.780. The van der Waals surface area contributed by atoms with Gasteiger partial charge < -0.3 is 0 Å². The van der Waals surface area contributed by atoms with Gasteiger partial charge in [0.05, 0.1) is 5.52 Å². The van der Waals surface area contributed by atoms with Crippen molar-refractivity contribution in [1.82, 2.24) is 4.98 Å². The molecule has 0 unspecified atom stereocenters. The molecule has 0 N–H and O–H groups in total. The van der Waals surface area contributed by atoms with E-state index in [0.717, 1.165) is 6.92 Å². The molecule has 4 heteroatoms. The molecule has 2 aromatic rings. The van der Waals surface area contributed by atoms with E-state index < -0.39 is 11.7 Å². The molecule has 0 aliphatic heterocycles. The third-order valence-electron chi connectivity index (χ3n) is 2.41. The summed E-state index contributed by atoms with van der Waals surface area (Å²) in [5, 5.41) is 0.598. The molecule has 16 heavy (non-hydrogen) atoms. The summed E-state index contributed by atoms with van der Waals surface area (Å²) >= 11 is 0. The van der Waals surface area contributed by atoms with Gasteiger partial charge in [0, 0.05) is 24.1 Å². The Morgan fingerprint density at radius 3 is 2.75 bits per heavy atom. The zero-order chi connectivity index (χ0) is 11.8. The van der Waals surface area contributed by atoms with Crippen molar-refractivity contribution in [1.29, 1.82) is 0 Å². The van der Waals surface area contributed by atoms with Gasteiger partial charge in [-0.25, -0.2) is 0 Å². The Hall–Kier alpha value is -1.84. The number of carbonyl (C=O) groups is 1. The van der Waals surface area contributed by atoms with Crippen LogP contribution in [0.1, 0.15) is 12.5 Å². The molecule has 0 fully saturated rings. The van der Waals surface area contributed by atoms with Gasteiger partial charge in [0.1, 0.15) is 0 Å². The van der Waals surface area contributed by atoms with Crippen LogP contribution in [0.25, 0.3) is 10.9 Å². The molecule has 82 valence electrons. The van der Waals surface area contributed by atoms with E-state index in [1.54, 1.807) is 18.3 Å². The third kappa shape index (κ3) is 1.66. The summed E-state index contributed by atoms with van der Waals surface area (Å²) in [5.74, 6) is -4.58. The van der Waals surface area contributed by atoms with Gasteiger partial charge in [-0.2, -0.15) is 8.78 Å². The molecule has 0 saturated carbocycles. The average molecular weight is 221 g/mol. The summed E-state index contributed by atoms with van der Waals surface area (Å²) in [4.78, 5) is 14.9. The molecule has 0 atom stereocenters. The lowest BCUT2D eigenvalue weighted by atomic mass is 10.0. The van der Waals surface area contributed by atoms with Crippen molar-refractivity contribution in [2.75, 3.05) is 0 Å². The third-order valence-corrected chi connectivity index (χ3v) is 2.41. The number of ketones is 1. The van der Waals surface area contributed by atoms with Crippen LogP contribution in [0.5, 0.6) is 0 Å². The number of carbonyl (C=O) groups excluding carboxylic acids is 1. The number of aromatic nitrogens is 1. The number of hydrogen-bond acceptors (Lipinski definition) is 2. The number of halogens is 2. The van der Waals surface area contributed by atoms with Crippen LogP contribution in [0.3, 0.4) is 0 Å². The van der Waals surface area contributed by atoms with Gasteiger partial charge in [0.25, 0.3) is 0 Å². The highest BCUT2D eigenvalue weighted by Gasteiger charge is 2.37. The smallest absolute Gasteiger partial charge is 0.293 e. The molecule has 2 rings (SSSR count). The lowest BCUT2D eigenvalue weighted by Gasteiger charge is -2.13. The van der Waals surface area contributed by atoms with E-state index in [9.17, 15) is 13.6 Å². The summed E-state index contributed by atoms with van der Waals surface area (Å²) < 4.78 is 26.9. The van der Waals surface area contributed by atoms with Crippen molar-refractivity contribution in [2.45, 2.75) is 12.8 Å². The average Bonchev–Trinajstić information content (AvgIpc) is 2.28. The maximum absolute atomic E-state index is 13.4. The van der Waals surface area contributed by atoms with E-state index in [1.807, 2.05) is 0 Å². The van der Waals surface area contributed by atoms with Crippen molar-refractivity contribution < 1.29 is 13.6 Å². The molecule has 0 spiro atoms. The molecule has 1 aromatic heterocycles.